The topological polar surface area (TPSA) is 92.3 Å². The summed E-state index contributed by atoms with van der Waals surface area (Å²) in [6.07, 6.45) is 3.98. The molecule has 0 amide bonds. The first-order chi connectivity index (χ1) is 9.72. The molecule has 2 N–H and O–H groups in total. The summed E-state index contributed by atoms with van der Waals surface area (Å²) in [5, 5.41) is -0.719. The third kappa shape index (κ3) is 3.82. The summed E-state index contributed by atoms with van der Waals surface area (Å²) in [5.74, 6) is 0. The number of hydrogen-bond acceptors (Lipinski definition) is 4. The van der Waals surface area contributed by atoms with Gasteiger partial charge in [0.25, 0.3) is 10.0 Å². The summed E-state index contributed by atoms with van der Waals surface area (Å²) >= 11 is 0. The summed E-state index contributed by atoms with van der Waals surface area (Å²) in [6.45, 7) is 2.94. The van der Waals surface area contributed by atoms with Crippen LogP contribution in [0.1, 0.15) is 37.8 Å². The van der Waals surface area contributed by atoms with E-state index in [4.69, 9.17) is 0 Å². The Labute approximate surface area is 126 Å². The molecule has 0 spiro atoms. The predicted octanol–water partition coefficient (Wildman–Crippen LogP) is 1.09. The Morgan fingerprint density at radius 1 is 0.952 bits per heavy atom. The van der Waals surface area contributed by atoms with Crippen LogP contribution in [0.25, 0.3) is 0 Å². The number of nitrogens with one attached hydrogen (secondary N) is 2. The van der Waals surface area contributed by atoms with E-state index in [0.29, 0.717) is 0 Å². The highest BCUT2D eigenvalue weighted by Crippen LogP contribution is 2.23. The second kappa shape index (κ2) is 6.04. The van der Waals surface area contributed by atoms with Crippen LogP contribution < -0.4 is 9.66 Å². The van der Waals surface area contributed by atoms with E-state index in [9.17, 15) is 16.8 Å². The summed E-state index contributed by atoms with van der Waals surface area (Å²) in [4.78, 5) is 3.93. The zero-order valence-corrected chi connectivity index (χ0v) is 13.7. The molecule has 0 bridgehead atoms. The van der Waals surface area contributed by atoms with Gasteiger partial charge in [-0.2, -0.15) is 0 Å². The lowest BCUT2D eigenvalue weighted by molar-refractivity contribution is 0.552. The maximum atomic E-state index is 12.1. The van der Waals surface area contributed by atoms with E-state index < -0.39 is 25.3 Å². The number of rotatable bonds is 5. The molecule has 0 saturated heterocycles. The monoisotopic (exact) mass is 332 g/mol. The quantitative estimate of drug-likeness (QED) is 0.789. The molecule has 0 aliphatic heterocycles. The lowest BCUT2D eigenvalue weighted by Crippen LogP contribution is -2.44. The molecule has 0 heterocycles. The third-order valence-electron chi connectivity index (χ3n) is 3.57. The van der Waals surface area contributed by atoms with Crippen molar-refractivity contribution in [3.8, 4) is 0 Å². The van der Waals surface area contributed by atoms with Crippen LogP contribution in [0.5, 0.6) is 0 Å². The number of hydrazine groups is 1. The van der Waals surface area contributed by atoms with Crippen LogP contribution in [0, 0.1) is 0 Å². The molecule has 1 aromatic carbocycles. The van der Waals surface area contributed by atoms with Gasteiger partial charge in [0.05, 0.1) is 10.1 Å². The summed E-state index contributed by atoms with van der Waals surface area (Å²) in [7, 11) is -7.60. The summed E-state index contributed by atoms with van der Waals surface area (Å²) in [5.41, 5.74) is 2.19. The van der Waals surface area contributed by atoms with Crippen molar-refractivity contribution in [2.45, 2.75) is 49.7 Å². The Hall–Kier alpha value is -0.960. The lowest BCUT2D eigenvalue weighted by atomic mass is 9.92. The van der Waals surface area contributed by atoms with Crippen molar-refractivity contribution in [3.63, 3.8) is 0 Å². The summed E-state index contributed by atoms with van der Waals surface area (Å²) in [6, 6.07) is 4.94. The molecule has 6 nitrogen and oxygen atoms in total. The van der Waals surface area contributed by atoms with E-state index in [0.717, 1.165) is 31.2 Å². The molecule has 0 saturated carbocycles. The SMILES string of the molecule is CC(C)S(=O)(=O)NNS(=O)(=O)c1ccc2c(c1)CCCC2. The van der Waals surface area contributed by atoms with Gasteiger partial charge < -0.3 is 0 Å². The maximum Gasteiger partial charge on any atom is 0.254 e. The van der Waals surface area contributed by atoms with Gasteiger partial charge in [0.2, 0.25) is 10.0 Å². The molecule has 2 rings (SSSR count). The number of benzene rings is 1. The minimum atomic E-state index is -3.90. The van der Waals surface area contributed by atoms with Crippen LogP contribution in [0.15, 0.2) is 23.1 Å². The Kier molecular flexibility index (Phi) is 4.72. The number of fused-ring (bicyclic) bond motifs is 1. The molecule has 0 aromatic heterocycles. The average Bonchev–Trinajstić information content (AvgIpc) is 2.45. The highest BCUT2D eigenvalue weighted by Gasteiger charge is 2.22. The molecule has 0 radical (unpaired) electrons. The van der Waals surface area contributed by atoms with Gasteiger partial charge in [0.15, 0.2) is 0 Å². The van der Waals surface area contributed by atoms with Gasteiger partial charge in [0.1, 0.15) is 0 Å². The fraction of sp³-hybridized carbons (Fsp3) is 0.538. The van der Waals surface area contributed by atoms with Gasteiger partial charge in [-0.25, -0.2) is 16.8 Å². The van der Waals surface area contributed by atoms with E-state index in [1.54, 1.807) is 12.1 Å². The molecule has 0 atom stereocenters. The standard InChI is InChI=1S/C13H20N2O4S2/c1-10(2)20(16,17)14-15-21(18,19)13-8-7-11-5-3-4-6-12(11)9-13/h7-10,14-15H,3-6H2,1-2H3. The Balaban J connectivity index is 2.20. The number of sulfonamides is 2. The Morgan fingerprint density at radius 3 is 2.19 bits per heavy atom. The fourth-order valence-electron chi connectivity index (χ4n) is 2.17. The van der Waals surface area contributed by atoms with Crippen LogP contribution >= 0.6 is 0 Å². The lowest BCUT2D eigenvalue weighted by Gasteiger charge is -2.17. The number of hydrogen-bond donors (Lipinski definition) is 2. The van der Waals surface area contributed by atoms with Crippen molar-refractivity contribution in [1.29, 1.82) is 0 Å². The second-order valence-electron chi connectivity index (χ2n) is 5.44. The van der Waals surface area contributed by atoms with Crippen molar-refractivity contribution in [3.05, 3.63) is 29.3 Å². The highest BCUT2D eigenvalue weighted by molar-refractivity contribution is 7.92. The largest absolute Gasteiger partial charge is 0.254 e. The molecule has 0 fully saturated rings. The first-order valence-electron chi connectivity index (χ1n) is 6.86. The molecule has 1 aromatic rings. The normalized spacial score (nSPS) is 16.0. The molecule has 8 heteroatoms. The van der Waals surface area contributed by atoms with E-state index in [-0.39, 0.29) is 4.90 Å². The zero-order chi connectivity index (χ0) is 15.7. The van der Waals surface area contributed by atoms with Crippen LogP contribution in [-0.2, 0) is 32.9 Å². The van der Waals surface area contributed by atoms with Gasteiger partial charge in [0, 0.05) is 0 Å². The van der Waals surface area contributed by atoms with E-state index in [2.05, 4.69) is 0 Å². The number of aryl methyl sites for hydroxylation is 2. The Bertz CT molecular complexity index is 725. The van der Waals surface area contributed by atoms with E-state index >= 15 is 0 Å². The van der Waals surface area contributed by atoms with Crippen molar-refractivity contribution in [2.75, 3.05) is 0 Å². The van der Waals surface area contributed by atoms with Gasteiger partial charge in [-0.05, 0) is 62.8 Å². The van der Waals surface area contributed by atoms with Gasteiger partial charge in [-0.3, -0.25) is 0 Å². The van der Waals surface area contributed by atoms with Crippen molar-refractivity contribution >= 4 is 20.0 Å². The average molecular weight is 332 g/mol. The molecule has 21 heavy (non-hydrogen) atoms. The van der Waals surface area contributed by atoms with Crippen molar-refractivity contribution < 1.29 is 16.8 Å². The molecular formula is C13H20N2O4S2. The van der Waals surface area contributed by atoms with Crippen molar-refractivity contribution in [1.82, 2.24) is 9.66 Å². The predicted molar refractivity (Wildman–Crippen MR) is 80.6 cm³/mol. The second-order valence-corrected chi connectivity index (χ2v) is 9.36. The summed E-state index contributed by atoms with van der Waals surface area (Å²) < 4.78 is 47.5. The van der Waals surface area contributed by atoms with Crippen LogP contribution in [0.3, 0.4) is 0 Å². The zero-order valence-electron chi connectivity index (χ0n) is 12.1. The van der Waals surface area contributed by atoms with Crippen LogP contribution in [0.2, 0.25) is 0 Å². The third-order valence-corrected chi connectivity index (χ3v) is 6.57. The smallest absolute Gasteiger partial charge is 0.211 e. The van der Waals surface area contributed by atoms with Gasteiger partial charge >= 0.3 is 0 Å². The molecule has 0 unspecified atom stereocenters. The first kappa shape index (κ1) is 16.4. The highest BCUT2D eigenvalue weighted by atomic mass is 32.2. The molecule has 118 valence electrons. The molecular weight excluding hydrogens is 312 g/mol. The van der Waals surface area contributed by atoms with Crippen LogP contribution in [-0.4, -0.2) is 22.1 Å². The fourth-order valence-corrected chi connectivity index (χ4v) is 3.97. The Morgan fingerprint density at radius 2 is 1.57 bits per heavy atom. The maximum absolute atomic E-state index is 12.1. The van der Waals surface area contributed by atoms with Gasteiger partial charge in [-0.1, -0.05) is 6.07 Å². The van der Waals surface area contributed by atoms with Crippen LogP contribution in [0.4, 0.5) is 0 Å². The van der Waals surface area contributed by atoms with Gasteiger partial charge in [-0.15, -0.1) is 9.66 Å². The minimum absolute atomic E-state index is 0.0783. The van der Waals surface area contributed by atoms with E-state index in [1.165, 1.54) is 25.5 Å². The molecule has 1 aliphatic carbocycles. The first-order valence-corrected chi connectivity index (χ1v) is 9.89. The van der Waals surface area contributed by atoms with Crippen molar-refractivity contribution in [2.24, 2.45) is 0 Å². The van der Waals surface area contributed by atoms with E-state index in [1.807, 2.05) is 9.66 Å². The minimum Gasteiger partial charge on any atom is -0.211 e. The molecule has 1 aliphatic rings.